The highest BCUT2D eigenvalue weighted by atomic mass is 35.5. The third-order valence-electron chi connectivity index (χ3n) is 3.08. The zero-order valence-corrected chi connectivity index (χ0v) is 14.1. The summed E-state index contributed by atoms with van der Waals surface area (Å²) < 4.78 is 23.5. The summed E-state index contributed by atoms with van der Waals surface area (Å²) in [5.74, 6) is 0.253. The highest BCUT2D eigenvalue weighted by Crippen LogP contribution is 2.36. The van der Waals surface area contributed by atoms with Crippen molar-refractivity contribution in [3.05, 3.63) is 58.9 Å². The van der Waals surface area contributed by atoms with E-state index in [9.17, 15) is 9.18 Å². The third-order valence-corrected chi connectivity index (χ3v) is 3.36. The van der Waals surface area contributed by atoms with E-state index < -0.39 is 0 Å². The van der Waals surface area contributed by atoms with Gasteiger partial charge in [-0.2, -0.15) is 0 Å². The Labute approximate surface area is 144 Å². The highest BCUT2D eigenvalue weighted by Gasteiger charge is 2.10. The first-order valence-electron chi connectivity index (χ1n) is 7.28. The minimum Gasteiger partial charge on any atom is -0.493 e. The first kappa shape index (κ1) is 17.8. The zero-order valence-electron chi connectivity index (χ0n) is 13.3. The molecule has 6 heteroatoms. The maximum Gasteiger partial charge on any atom is 0.248 e. The van der Waals surface area contributed by atoms with Crippen LogP contribution in [0.15, 0.2) is 42.5 Å². The fraction of sp³-hybridized carbons (Fsp3) is 0.167. The van der Waals surface area contributed by atoms with Gasteiger partial charge < -0.3 is 14.8 Å². The number of ether oxygens (including phenoxy) is 2. The number of benzene rings is 2. The van der Waals surface area contributed by atoms with Gasteiger partial charge in [-0.3, -0.25) is 4.79 Å². The lowest BCUT2D eigenvalue weighted by Crippen LogP contribution is -2.07. The fourth-order valence-corrected chi connectivity index (χ4v) is 2.28. The van der Waals surface area contributed by atoms with Crippen molar-refractivity contribution in [2.45, 2.75) is 6.92 Å². The maximum absolute atomic E-state index is 12.8. The molecular weight excluding hydrogens is 333 g/mol. The second-order valence-electron chi connectivity index (χ2n) is 4.80. The van der Waals surface area contributed by atoms with Crippen molar-refractivity contribution < 1.29 is 18.7 Å². The summed E-state index contributed by atoms with van der Waals surface area (Å²) in [6.45, 7) is 2.31. The van der Waals surface area contributed by atoms with E-state index in [2.05, 4.69) is 5.32 Å². The molecule has 0 spiro atoms. The van der Waals surface area contributed by atoms with Crippen LogP contribution in [-0.2, 0) is 4.79 Å². The summed E-state index contributed by atoms with van der Waals surface area (Å²) >= 11 is 6.18. The molecule has 4 nitrogen and oxygen atoms in total. The van der Waals surface area contributed by atoms with Crippen LogP contribution in [0.5, 0.6) is 11.5 Å². The second-order valence-corrected chi connectivity index (χ2v) is 5.20. The summed E-state index contributed by atoms with van der Waals surface area (Å²) in [6, 6.07) is 8.91. The molecule has 126 valence electrons. The normalized spacial score (nSPS) is 10.7. The number of halogens is 2. The van der Waals surface area contributed by atoms with Gasteiger partial charge >= 0.3 is 0 Å². The van der Waals surface area contributed by atoms with Gasteiger partial charge in [0, 0.05) is 11.8 Å². The Kier molecular flexibility index (Phi) is 6.21. The van der Waals surface area contributed by atoms with Crippen molar-refractivity contribution in [2.24, 2.45) is 0 Å². The van der Waals surface area contributed by atoms with Gasteiger partial charge in [-0.1, -0.05) is 11.6 Å². The summed E-state index contributed by atoms with van der Waals surface area (Å²) in [7, 11) is 1.52. The molecule has 2 aromatic rings. The molecular formula is C18H17ClFNO3. The molecule has 0 bridgehead atoms. The molecule has 0 aliphatic heterocycles. The number of carbonyl (C=O) groups is 1. The quantitative estimate of drug-likeness (QED) is 0.779. The van der Waals surface area contributed by atoms with E-state index in [-0.39, 0.29) is 11.7 Å². The molecule has 0 aromatic heterocycles. The van der Waals surface area contributed by atoms with Crippen LogP contribution in [0.3, 0.4) is 0 Å². The summed E-state index contributed by atoms with van der Waals surface area (Å²) in [6.07, 6.45) is 2.96. The SMILES string of the molecule is CCOc1c(Cl)cc(/C=C/C(=O)Nc2ccc(F)cc2)cc1OC. The number of nitrogens with one attached hydrogen (secondary N) is 1. The monoisotopic (exact) mass is 349 g/mol. The smallest absolute Gasteiger partial charge is 0.248 e. The predicted molar refractivity (Wildman–Crippen MR) is 93.2 cm³/mol. The minimum atomic E-state index is -0.361. The predicted octanol–water partition coefficient (Wildman–Crippen LogP) is 4.54. The Hall–Kier alpha value is -2.53. The number of hydrogen-bond acceptors (Lipinski definition) is 3. The van der Waals surface area contributed by atoms with Gasteiger partial charge in [0.05, 0.1) is 18.7 Å². The number of hydrogen-bond donors (Lipinski definition) is 1. The Morgan fingerprint density at radius 2 is 2.00 bits per heavy atom. The van der Waals surface area contributed by atoms with Gasteiger partial charge in [0.2, 0.25) is 5.91 Å². The van der Waals surface area contributed by atoms with Gasteiger partial charge in [0.25, 0.3) is 0 Å². The summed E-state index contributed by atoms with van der Waals surface area (Å²) in [5, 5.41) is 3.03. The van der Waals surface area contributed by atoms with Crippen molar-refractivity contribution in [1.82, 2.24) is 0 Å². The van der Waals surface area contributed by atoms with Crippen LogP contribution in [-0.4, -0.2) is 19.6 Å². The Balaban J connectivity index is 2.11. The molecule has 0 atom stereocenters. The van der Waals surface area contributed by atoms with E-state index in [1.165, 1.54) is 37.5 Å². The molecule has 0 aliphatic carbocycles. The molecule has 0 saturated heterocycles. The van der Waals surface area contributed by atoms with Crippen LogP contribution in [0.25, 0.3) is 6.08 Å². The minimum absolute atomic E-state index is 0.342. The topological polar surface area (TPSA) is 47.6 Å². The van der Waals surface area contributed by atoms with Crippen LogP contribution in [0.2, 0.25) is 5.02 Å². The van der Waals surface area contributed by atoms with Crippen LogP contribution >= 0.6 is 11.6 Å². The molecule has 0 fully saturated rings. The molecule has 2 aromatic carbocycles. The fourth-order valence-electron chi connectivity index (χ4n) is 2.01. The molecule has 0 unspecified atom stereocenters. The Morgan fingerprint density at radius 3 is 2.62 bits per heavy atom. The van der Waals surface area contributed by atoms with Crippen molar-refractivity contribution >= 4 is 29.3 Å². The molecule has 0 aliphatic rings. The standard InChI is InChI=1S/C18H17ClFNO3/c1-3-24-18-15(19)10-12(11-16(18)23-2)4-9-17(22)21-14-7-5-13(20)6-8-14/h4-11H,3H2,1-2H3,(H,21,22)/b9-4+. The highest BCUT2D eigenvalue weighted by molar-refractivity contribution is 6.32. The molecule has 24 heavy (non-hydrogen) atoms. The molecule has 1 N–H and O–H groups in total. The van der Waals surface area contributed by atoms with Crippen molar-refractivity contribution in [3.63, 3.8) is 0 Å². The third kappa shape index (κ3) is 4.73. The van der Waals surface area contributed by atoms with E-state index in [0.29, 0.717) is 34.4 Å². The molecule has 2 rings (SSSR count). The van der Waals surface area contributed by atoms with Crippen LogP contribution in [0.1, 0.15) is 12.5 Å². The average molecular weight is 350 g/mol. The van der Waals surface area contributed by atoms with Crippen LogP contribution in [0, 0.1) is 5.82 Å². The van der Waals surface area contributed by atoms with E-state index in [1.807, 2.05) is 6.92 Å². The van der Waals surface area contributed by atoms with Crippen molar-refractivity contribution in [1.29, 1.82) is 0 Å². The maximum atomic E-state index is 12.8. The van der Waals surface area contributed by atoms with Gasteiger partial charge in [-0.15, -0.1) is 0 Å². The number of anilines is 1. The lowest BCUT2D eigenvalue weighted by Gasteiger charge is -2.11. The molecule has 0 radical (unpaired) electrons. The first-order chi connectivity index (χ1) is 11.5. The summed E-state index contributed by atoms with van der Waals surface area (Å²) in [4.78, 5) is 11.9. The van der Waals surface area contributed by atoms with Gasteiger partial charge in [-0.05, 0) is 55.0 Å². The first-order valence-corrected chi connectivity index (χ1v) is 7.66. The summed E-state index contributed by atoms with van der Waals surface area (Å²) in [5.41, 5.74) is 1.20. The van der Waals surface area contributed by atoms with Gasteiger partial charge in [-0.25, -0.2) is 4.39 Å². The largest absolute Gasteiger partial charge is 0.493 e. The van der Waals surface area contributed by atoms with E-state index in [4.69, 9.17) is 21.1 Å². The molecule has 0 saturated carbocycles. The van der Waals surface area contributed by atoms with E-state index >= 15 is 0 Å². The van der Waals surface area contributed by atoms with Crippen LogP contribution in [0.4, 0.5) is 10.1 Å². The lowest BCUT2D eigenvalue weighted by molar-refractivity contribution is -0.111. The number of rotatable bonds is 6. The van der Waals surface area contributed by atoms with Crippen LogP contribution < -0.4 is 14.8 Å². The Morgan fingerprint density at radius 1 is 1.29 bits per heavy atom. The van der Waals surface area contributed by atoms with Crippen molar-refractivity contribution in [2.75, 3.05) is 19.0 Å². The van der Waals surface area contributed by atoms with Gasteiger partial charge in [0.1, 0.15) is 5.82 Å². The number of methoxy groups -OCH3 is 1. The zero-order chi connectivity index (χ0) is 17.5. The van der Waals surface area contributed by atoms with Gasteiger partial charge in [0.15, 0.2) is 11.5 Å². The average Bonchev–Trinajstić information content (AvgIpc) is 2.57. The molecule has 1 amide bonds. The van der Waals surface area contributed by atoms with E-state index in [0.717, 1.165) is 0 Å². The second kappa shape index (κ2) is 8.36. The van der Waals surface area contributed by atoms with E-state index in [1.54, 1.807) is 18.2 Å². The Bertz CT molecular complexity index is 745. The number of carbonyl (C=O) groups excluding carboxylic acids is 1. The number of amides is 1. The molecule has 0 heterocycles. The van der Waals surface area contributed by atoms with Crippen molar-refractivity contribution in [3.8, 4) is 11.5 Å². The lowest BCUT2D eigenvalue weighted by atomic mass is 10.2.